The van der Waals surface area contributed by atoms with Gasteiger partial charge in [-0.05, 0) is 32.0 Å². The van der Waals surface area contributed by atoms with Gasteiger partial charge in [-0.2, -0.15) is 4.31 Å². The first-order valence-electron chi connectivity index (χ1n) is 6.31. The van der Waals surface area contributed by atoms with E-state index in [0.29, 0.717) is 0 Å². The molecule has 0 aliphatic heterocycles. The fourth-order valence-corrected chi connectivity index (χ4v) is 3.59. The highest BCUT2D eigenvalue weighted by Crippen LogP contribution is 2.21. The van der Waals surface area contributed by atoms with Crippen LogP contribution in [0.3, 0.4) is 0 Å². The SMILES string of the molecule is CCN(CC(C)(C)O)S(=O)(=O)c1ccc(F)c(C(N)=S)c1. The maximum Gasteiger partial charge on any atom is 0.243 e. The number of nitrogens with two attached hydrogens (primary N) is 1. The lowest BCUT2D eigenvalue weighted by Gasteiger charge is -2.27. The monoisotopic (exact) mass is 334 g/mol. The highest BCUT2D eigenvalue weighted by atomic mass is 32.2. The smallest absolute Gasteiger partial charge is 0.243 e. The molecule has 0 aliphatic rings. The highest BCUT2D eigenvalue weighted by molar-refractivity contribution is 7.89. The fraction of sp³-hybridized carbons (Fsp3) is 0.462. The Morgan fingerprint density at radius 1 is 1.48 bits per heavy atom. The van der Waals surface area contributed by atoms with E-state index in [4.69, 9.17) is 18.0 Å². The van der Waals surface area contributed by atoms with E-state index in [1.165, 1.54) is 13.8 Å². The van der Waals surface area contributed by atoms with Crippen molar-refractivity contribution in [3.05, 3.63) is 29.6 Å². The maximum absolute atomic E-state index is 13.5. The molecular formula is C13H19FN2O3S2. The van der Waals surface area contributed by atoms with E-state index in [1.807, 2.05) is 0 Å². The molecule has 0 heterocycles. The maximum atomic E-state index is 13.5. The Balaban J connectivity index is 3.29. The molecule has 0 spiro atoms. The van der Waals surface area contributed by atoms with Crippen molar-refractivity contribution < 1.29 is 17.9 Å². The Bertz CT molecular complexity index is 639. The summed E-state index contributed by atoms with van der Waals surface area (Å²) in [5.74, 6) is -0.674. The van der Waals surface area contributed by atoms with Crippen molar-refractivity contribution in [1.29, 1.82) is 0 Å². The minimum absolute atomic E-state index is 0.0778. The Labute approximate surface area is 129 Å². The van der Waals surface area contributed by atoms with Crippen molar-refractivity contribution in [1.82, 2.24) is 4.31 Å². The summed E-state index contributed by atoms with van der Waals surface area (Å²) in [5, 5.41) is 9.81. The summed E-state index contributed by atoms with van der Waals surface area (Å²) >= 11 is 4.70. The summed E-state index contributed by atoms with van der Waals surface area (Å²) in [6.45, 7) is 4.77. The molecule has 0 aromatic heterocycles. The van der Waals surface area contributed by atoms with Gasteiger partial charge in [0.25, 0.3) is 0 Å². The molecule has 1 aromatic rings. The van der Waals surface area contributed by atoms with Gasteiger partial charge in [0.15, 0.2) is 0 Å². The van der Waals surface area contributed by atoms with Crippen LogP contribution in [-0.2, 0) is 10.0 Å². The average Bonchev–Trinajstić information content (AvgIpc) is 2.34. The van der Waals surface area contributed by atoms with Gasteiger partial charge in [-0.25, -0.2) is 12.8 Å². The lowest BCUT2D eigenvalue weighted by atomic mass is 10.1. The lowest BCUT2D eigenvalue weighted by Crippen LogP contribution is -2.42. The number of aliphatic hydroxyl groups is 1. The summed E-state index contributed by atoms with van der Waals surface area (Å²) in [5.41, 5.74) is 4.07. The highest BCUT2D eigenvalue weighted by Gasteiger charge is 2.29. The number of benzene rings is 1. The summed E-state index contributed by atoms with van der Waals surface area (Å²) in [4.78, 5) is -0.326. The zero-order chi connectivity index (χ0) is 16.4. The van der Waals surface area contributed by atoms with E-state index in [0.717, 1.165) is 22.5 Å². The number of hydrogen-bond acceptors (Lipinski definition) is 4. The summed E-state index contributed by atoms with van der Waals surface area (Å²) in [6, 6.07) is 3.28. The van der Waals surface area contributed by atoms with Crippen LogP contribution in [0, 0.1) is 5.82 Å². The molecule has 0 saturated heterocycles. The van der Waals surface area contributed by atoms with Gasteiger partial charge in [-0.15, -0.1) is 0 Å². The van der Waals surface area contributed by atoms with E-state index in [9.17, 15) is 17.9 Å². The molecule has 0 saturated carbocycles. The predicted molar refractivity (Wildman–Crippen MR) is 83.0 cm³/mol. The normalized spacial score (nSPS) is 12.7. The van der Waals surface area contributed by atoms with Crippen molar-refractivity contribution in [2.75, 3.05) is 13.1 Å². The van der Waals surface area contributed by atoms with E-state index in [-0.39, 0.29) is 28.5 Å². The van der Waals surface area contributed by atoms with Crippen molar-refractivity contribution in [3.8, 4) is 0 Å². The molecule has 1 aromatic carbocycles. The predicted octanol–water partition coefficient (Wildman–Crippen LogP) is 1.24. The Morgan fingerprint density at radius 3 is 2.48 bits per heavy atom. The molecule has 5 nitrogen and oxygen atoms in total. The van der Waals surface area contributed by atoms with Crippen LogP contribution in [0.1, 0.15) is 26.3 Å². The summed E-state index contributed by atoms with van der Waals surface area (Å²) in [6.07, 6.45) is 0. The largest absolute Gasteiger partial charge is 0.389 e. The summed E-state index contributed by atoms with van der Waals surface area (Å²) < 4.78 is 39.7. The molecular weight excluding hydrogens is 315 g/mol. The molecule has 0 unspecified atom stereocenters. The third-order valence-electron chi connectivity index (χ3n) is 2.76. The van der Waals surface area contributed by atoms with Gasteiger partial charge in [0, 0.05) is 18.7 Å². The standard InChI is InChI=1S/C13H19FN2O3S2/c1-4-16(8-13(2,3)17)21(18,19)9-5-6-11(14)10(7-9)12(15)20/h5-7,17H,4,8H2,1-3H3,(H2,15,20). The molecule has 1 rings (SSSR count). The van der Waals surface area contributed by atoms with Gasteiger partial charge in [0.1, 0.15) is 10.8 Å². The summed E-state index contributed by atoms with van der Waals surface area (Å²) in [7, 11) is -3.87. The fourth-order valence-electron chi connectivity index (χ4n) is 1.80. The molecule has 8 heteroatoms. The second-order valence-corrected chi connectivity index (χ2v) is 7.63. The molecule has 0 bridgehead atoms. The zero-order valence-corrected chi connectivity index (χ0v) is 13.8. The number of likely N-dealkylation sites (N-methyl/N-ethyl adjacent to an activating group) is 1. The molecule has 3 N–H and O–H groups in total. The van der Waals surface area contributed by atoms with E-state index in [2.05, 4.69) is 0 Å². The van der Waals surface area contributed by atoms with Gasteiger partial charge >= 0.3 is 0 Å². The van der Waals surface area contributed by atoms with Crippen LogP contribution in [0.5, 0.6) is 0 Å². The van der Waals surface area contributed by atoms with Crippen LogP contribution in [0.4, 0.5) is 4.39 Å². The van der Waals surface area contributed by atoms with Crippen LogP contribution in [0.15, 0.2) is 23.1 Å². The number of nitrogens with zero attached hydrogens (tertiary/aromatic N) is 1. The molecule has 21 heavy (non-hydrogen) atoms. The Hall–Kier alpha value is -1.09. The number of sulfonamides is 1. The molecule has 0 fully saturated rings. The van der Waals surface area contributed by atoms with Crippen molar-refractivity contribution in [2.45, 2.75) is 31.3 Å². The molecule has 0 radical (unpaired) electrons. The molecule has 0 atom stereocenters. The van der Waals surface area contributed by atoms with Crippen molar-refractivity contribution in [3.63, 3.8) is 0 Å². The van der Waals surface area contributed by atoms with Crippen molar-refractivity contribution in [2.24, 2.45) is 5.73 Å². The van der Waals surface area contributed by atoms with Gasteiger partial charge in [0.05, 0.1) is 10.5 Å². The first-order valence-corrected chi connectivity index (χ1v) is 8.15. The minimum atomic E-state index is -3.87. The van der Waals surface area contributed by atoms with Crippen LogP contribution in [0.2, 0.25) is 0 Å². The third-order valence-corrected chi connectivity index (χ3v) is 4.89. The second-order valence-electron chi connectivity index (χ2n) is 5.25. The third kappa shape index (κ3) is 4.44. The lowest BCUT2D eigenvalue weighted by molar-refractivity contribution is 0.0601. The first kappa shape index (κ1) is 18.0. The van der Waals surface area contributed by atoms with Gasteiger partial charge < -0.3 is 10.8 Å². The molecule has 0 aliphatic carbocycles. The van der Waals surface area contributed by atoms with Crippen LogP contribution >= 0.6 is 12.2 Å². The van der Waals surface area contributed by atoms with Gasteiger partial charge in [0.2, 0.25) is 10.0 Å². The van der Waals surface area contributed by atoms with Gasteiger partial charge in [-0.3, -0.25) is 0 Å². The number of thiocarbonyl (C=S) groups is 1. The minimum Gasteiger partial charge on any atom is -0.389 e. The van der Waals surface area contributed by atoms with E-state index in [1.54, 1.807) is 6.92 Å². The van der Waals surface area contributed by atoms with Gasteiger partial charge in [-0.1, -0.05) is 19.1 Å². The number of hydrogen-bond donors (Lipinski definition) is 2. The van der Waals surface area contributed by atoms with E-state index < -0.39 is 21.4 Å². The second kappa shape index (κ2) is 6.35. The van der Waals surface area contributed by atoms with Crippen LogP contribution in [0.25, 0.3) is 0 Å². The average molecular weight is 334 g/mol. The molecule has 118 valence electrons. The van der Waals surface area contributed by atoms with Crippen LogP contribution in [-0.4, -0.2) is 41.5 Å². The Morgan fingerprint density at radius 2 is 2.05 bits per heavy atom. The van der Waals surface area contributed by atoms with Crippen LogP contribution < -0.4 is 5.73 Å². The molecule has 0 amide bonds. The quantitative estimate of drug-likeness (QED) is 0.765. The number of rotatable bonds is 6. The van der Waals surface area contributed by atoms with E-state index >= 15 is 0 Å². The first-order chi connectivity index (χ1) is 9.49. The zero-order valence-electron chi connectivity index (χ0n) is 12.1. The van der Waals surface area contributed by atoms with Crippen molar-refractivity contribution >= 4 is 27.2 Å². The Kier molecular flexibility index (Phi) is 5.43. The number of halogens is 1. The topological polar surface area (TPSA) is 83.6 Å².